The summed E-state index contributed by atoms with van der Waals surface area (Å²) >= 11 is 11.6. The molecular weight excluding hydrogens is 341 g/mol. The highest BCUT2D eigenvalue weighted by Gasteiger charge is 2.13. The van der Waals surface area contributed by atoms with Gasteiger partial charge < -0.3 is 10.4 Å². The van der Waals surface area contributed by atoms with Crippen molar-refractivity contribution in [3.05, 3.63) is 58.1 Å². The largest absolute Gasteiger partial charge is 0.507 e. The Bertz CT molecular complexity index is 778. The molecule has 0 aromatic heterocycles. The van der Waals surface area contributed by atoms with Crippen LogP contribution in [-0.4, -0.2) is 23.1 Å². The number of nitrogens with zero attached hydrogens (tertiary/aromatic N) is 1. The summed E-state index contributed by atoms with van der Waals surface area (Å²) in [4.78, 5) is 23.3. The van der Waals surface area contributed by atoms with Gasteiger partial charge in [-0.05, 0) is 30.3 Å². The predicted octanol–water partition coefficient (Wildman–Crippen LogP) is 2.79. The van der Waals surface area contributed by atoms with E-state index in [1.165, 1.54) is 30.5 Å². The minimum Gasteiger partial charge on any atom is -0.507 e. The number of phenolic OH excluding ortho intramolecular Hbond substituents is 1. The van der Waals surface area contributed by atoms with Crippen molar-refractivity contribution in [2.45, 2.75) is 0 Å². The van der Waals surface area contributed by atoms with Gasteiger partial charge >= 0.3 is 11.8 Å². The van der Waals surface area contributed by atoms with E-state index in [0.29, 0.717) is 16.3 Å². The minimum atomic E-state index is -0.970. The van der Waals surface area contributed by atoms with Gasteiger partial charge in [0.15, 0.2) is 0 Å². The number of carbonyl (C=O) groups excluding carboxylic acids is 2. The molecule has 2 rings (SSSR count). The number of rotatable bonds is 3. The topological polar surface area (TPSA) is 90.8 Å². The molecule has 8 heteroatoms. The lowest BCUT2D eigenvalue weighted by atomic mass is 10.2. The fraction of sp³-hybridized carbons (Fsp3) is 0. The Hall–Kier alpha value is -2.57. The SMILES string of the molecule is O=C(N/N=C/c1ccccc1O)C(=O)Nc1ccc(Cl)c(Cl)c1. The zero-order chi connectivity index (χ0) is 16.8. The maximum absolute atomic E-state index is 11.7. The molecule has 0 aliphatic carbocycles. The van der Waals surface area contributed by atoms with Crippen molar-refractivity contribution >= 4 is 46.9 Å². The molecule has 0 saturated heterocycles. The average Bonchev–Trinajstić information content (AvgIpc) is 2.52. The maximum Gasteiger partial charge on any atom is 0.329 e. The van der Waals surface area contributed by atoms with Crippen LogP contribution in [0.15, 0.2) is 47.6 Å². The minimum absolute atomic E-state index is 0.00533. The van der Waals surface area contributed by atoms with Crippen LogP contribution in [0.2, 0.25) is 10.0 Å². The van der Waals surface area contributed by atoms with E-state index < -0.39 is 11.8 Å². The van der Waals surface area contributed by atoms with E-state index in [1.54, 1.807) is 18.2 Å². The normalized spacial score (nSPS) is 10.5. The molecule has 0 unspecified atom stereocenters. The summed E-state index contributed by atoms with van der Waals surface area (Å²) in [5, 5.41) is 16.1. The van der Waals surface area contributed by atoms with Crippen LogP contribution in [0.1, 0.15) is 5.56 Å². The Morgan fingerprint density at radius 3 is 2.48 bits per heavy atom. The van der Waals surface area contributed by atoms with Crippen LogP contribution in [-0.2, 0) is 9.59 Å². The van der Waals surface area contributed by atoms with Crippen molar-refractivity contribution in [2.75, 3.05) is 5.32 Å². The molecule has 2 amide bonds. The number of para-hydroxylation sites is 1. The average molecular weight is 352 g/mol. The maximum atomic E-state index is 11.7. The number of aromatic hydroxyl groups is 1. The second kappa shape index (κ2) is 7.62. The van der Waals surface area contributed by atoms with Gasteiger partial charge in [-0.1, -0.05) is 35.3 Å². The van der Waals surface area contributed by atoms with Gasteiger partial charge in [-0.25, -0.2) is 5.43 Å². The fourth-order valence-electron chi connectivity index (χ4n) is 1.57. The number of benzene rings is 2. The molecule has 0 spiro atoms. The summed E-state index contributed by atoms with van der Waals surface area (Å²) in [7, 11) is 0. The molecular formula is C15H11Cl2N3O3. The predicted molar refractivity (Wildman–Crippen MR) is 88.9 cm³/mol. The second-order valence-corrected chi connectivity index (χ2v) is 5.16. The molecule has 0 fully saturated rings. The summed E-state index contributed by atoms with van der Waals surface area (Å²) in [6.07, 6.45) is 1.22. The lowest BCUT2D eigenvalue weighted by Crippen LogP contribution is -2.32. The molecule has 2 aromatic carbocycles. The third-order valence-corrected chi connectivity index (χ3v) is 3.43. The Balaban J connectivity index is 1.94. The molecule has 23 heavy (non-hydrogen) atoms. The Morgan fingerprint density at radius 2 is 1.78 bits per heavy atom. The summed E-state index contributed by atoms with van der Waals surface area (Å²) in [5.41, 5.74) is 2.78. The van der Waals surface area contributed by atoms with Crippen LogP contribution >= 0.6 is 23.2 Å². The second-order valence-electron chi connectivity index (χ2n) is 4.34. The molecule has 118 valence electrons. The van der Waals surface area contributed by atoms with Gasteiger partial charge in [-0.2, -0.15) is 5.10 Å². The number of amides is 2. The molecule has 2 aromatic rings. The zero-order valence-corrected chi connectivity index (χ0v) is 13.1. The van der Waals surface area contributed by atoms with Crippen LogP contribution in [0, 0.1) is 0 Å². The van der Waals surface area contributed by atoms with E-state index in [1.807, 2.05) is 0 Å². The summed E-state index contributed by atoms with van der Waals surface area (Å²) < 4.78 is 0. The zero-order valence-electron chi connectivity index (χ0n) is 11.6. The van der Waals surface area contributed by atoms with Gasteiger partial charge in [0.2, 0.25) is 0 Å². The smallest absolute Gasteiger partial charge is 0.329 e. The molecule has 0 heterocycles. The molecule has 0 saturated carbocycles. The molecule has 0 aliphatic heterocycles. The lowest BCUT2D eigenvalue weighted by molar-refractivity contribution is -0.136. The van der Waals surface area contributed by atoms with Gasteiger partial charge in [0.25, 0.3) is 0 Å². The first kappa shape index (κ1) is 16.8. The molecule has 0 bridgehead atoms. The molecule has 0 atom stereocenters. The van der Waals surface area contributed by atoms with Gasteiger partial charge in [-0.3, -0.25) is 9.59 Å². The number of hydrogen-bond donors (Lipinski definition) is 3. The van der Waals surface area contributed by atoms with Gasteiger partial charge in [-0.15, -0.1) is 0 Å². The van der Waals surface area contributed by atoms with Crippen molar-refractivity contribution in [1.82, 2.24) is 5.43 Å². The highest BCUT2D eigenvalue weighted by Crippen LogP contribution is 2.24. The highest BCUT2D eigenvalue weighted by atomic mass is 35.5. The lowest BCUT2D eigenvalue weighted by Gasteiger charge is -2.05. The monoisotopic (exact) mass is 351 g/mol. The number of anilines is 1. The number of halogens is 2. The van der Waals surface area contributed by atoms with E-state index in [-0.39, 0.29) is 10.8 Å². The van der Waals surface area contributed by atoms with E-state index in [2.05, 4.69) is 15.8 Å². The number of carbonyl (C=O) groups is 2. The summed E-state index contributed by atoms with van der Waals surface area (Å²) in [5.74, 6) is -1.88. The van der Waals surface area contributed by atoms with Gasteiger partial charge in [0.1, 0.15) is 5.75 Å². The van der Waals surface area contributed by atoms with Crippen molar-refractivity contribution < 1.29 is 14.7 Å². The first-order valence-corrected chi connectivity index (χ1v) is 7.10. The fourth-order valence-corrected chi connectivity index (χ4v) is 1.87. The van der Waals surface area contributed by atoms with Crippen molar-refractivity contribution in [2.24, 2.45) is 5.10 Å². The first-order chi connectivity index (χ1) is 11.0. The molecule has 3 N–H and O–H groups in total. The highest BCUT2D eigenvalue weighted by molar-refractivity contribution is 6.42. The third kappa shape index (κ3) is 4.70. The van der Waals surface area contributed by atoms with Crippen molar-refractivity contribution in [3.8, 4) is 5.75 Å². The number of phenols is 1. The van der Waals surface area contributed by atoms with Gasteiger partial charge in [0.05, 0.1) is 16.3 Å². The van der Waals surface area contributed by atoms with E-state index in [4.69, 9.17) is 23.2 Å². The Morgan fingerprint density at radius 1 is 1.04 bits per heavy atom. The molecule has 0 aliphatic rings. The van der Waals surface area contributed by atoms with Crippen LogP contribution < -0.4 is 10.7 Å². The quantitative estimate of drug-likeness (QED) is 0.451. The van der Waals surface area contributed by atoms with Crippen molar-refractivity contribution in [1.29, 1.82) is 0 Å². The summed E-state index contributed by atoms with van der Waals surface area (Å²) in [6, 6.07) is 10.8. The van der Waals surface area contributed by atoms with E-state index in [9.17, 15) is 14.7 Å². The van der Waals surface area contributed by atoms with E-state index in [0.717, 1.165) is 0 Å². The van der Waals surface area contributed by atoms with Crippen molar-refractivity contribution in [3.63, 3.8) is 0 Å². The summed E-state index contributed by atoms with van der Waals surface area (Å²) in [6.45, 7) is 0. The van der Waals surface area contributed by atoms with Crippen LogP contribution in [0.5, 0.6) is 5.75 Å². The molecule has 0 radical (unpaired) electrons. The number of hydrazone groups is 1. The number of hydrogen-bond acceptors (Lipinski definition) is 4. The molecule has 6 nitrogen and oxygen atoms in total. The standard InChI is InChI=1S/C15H11Cl2N3O3/c16-11-6-5-10(7-12(11)17)19-14(22)15(23)20-18-8-9-3-1-2-4-13(9)21/h1-8,21H,(H,19,22)(H,20,23)/b18-8+. The van der Waals surface area contributed by atoms with Crippen LogP contribution in [0.25, 0.3) is 0 Å². The van der Waals surface area contributed by atoms with Gasteiger partial charge in [0, 0.05) is 11.3 Å². The number of nitrogens with one attached hydrogen (secondary N) is 2. The Labute approximate surface area is 141 Å². The van der Waals surface area contributed by atoms with E-state index >= 15 is 0 Å². The Kier molecular flexibility index (Phi) is 5.56. The van der Waals surface area contributed by atoms with Crippen LogP contribution in [0.4, 0.5) is 5.69 Å². The first-order valence-electron chi connectivity index (χ1n) is 6.35. The van der Waals surface area contributed by atoms with Crippen LogP contribution in [0.3, 0.4) is 0 Å². The third-order valence-electron chi connectivity index (χ3n) is 2.69.